The summed E-state index contributed by atoms with van der Waals surface area (Å²) in [7, 11) is -3.70. The van der Waals surface area contributed by atoms with Crippen LogP contribution in [0.1, 0.15) is 34.3 Å². The van der Waals surface area contributed by atoms with Gasteiger partial charge in [0.1, 0.15) is 5.75 Å². The zero-order valence-electron chi connectivity index (χ0n) is 11.7. The first kappa shape index (κ1) is 15.2. The lowest BCUT2D eigenvalue weighted by Gasteiger charge is -2.09. The zero-order chi connectivity index (χ0) is 15.6. The number of benzene rings is 1. The molecule has 0 saturated heterocycles. The van der Waals surface area contributed by atoms with Gasteiger partial charge in [0.25, 0.3) is 0 Å². The lowest BCUT2D eigenvalue weighted by molar-refractivity contribution is 0.0696. The van der Waals surface area contributed by atoms with Crippen molar-refractivity contribution in [2.75, 3.05) is 0 Å². The number of carboxylic acid groups (broad SMARTS) is 1. The van der Waals surface area contributed by atoms with Crippen molar-refractivity contribution in [2.24, 2.45) is 0 Å². The number of hydrogen-bond acceptors (Lipinski definition) is 5. The van der Waals surface area contributed by atoms with Gasteiger partial charge in [-0.15, -0.1) is 0 Å². The molecule has 0 aliphatic rings. The average molecular weight is 309 g/mol. The van der Waals surface area contributed by atoms with E-state index in [2.05, 4.69) is 5.16 Å². The van der Waals surface area contributed by atoms with E-state index in [0.717, 1.165) is 0 Å². The van der Waals surface area contributed by atoms with Gasteiger partial charge in [-0.05, 0) is 31.0 Å². The largest absolute Gasteiger partial charge is 0.478 e. The number of aryl methyl sites for hydroxylation is 2. The van der Waals surface area contributed by atoms with Crippen molar-refractivity contribution in [3.63, 3.8) is 0 Å². The molecule has 1 heterocycles. The molecule has 1 aromatic carbocycles. The second-order valence-corrected chi connectivity index (χ2v) is 6.63. The molecule has 0 saturated carbocycles. The molecule has 112 valence electrons. The summed E-state index contributed by atoms with van der Waals surface area (Å²) < 4.78 is 29.9. The lowest BCUT2D eigenvalue weighted by atomic mass is 10.1. The summed E-state index contributed by atoms with van der Waals surface area (Å²) in [5.74, 6) is -1.27. The van der Waals surface area contributed by atoms with Gasteiger partial charge >= 0.3 is 5.97 Å². The van der Waals surface area contributed by atoms with E-state index in [1.165, 1.54) is 18.2 Å². The first-order chi connectivity index (χ1) is 9.83. The van der Waals surface area contributed by atoms with Crippen LogP contribution in [0.5, 0.6) is 0 Å². The van der Waals surface area contributed by atoms with E-state index in [-0.39, 0.29) is 22.0 Å². The summed E-state index contributed by atoms with van der Waals surface area (Å²) in [6.45, 7) is 3.51. The second-order valence-electron chi connectivity index (χ2n) is 4.67. The SMILES string of the molecule is CCc1ccc(C(=O)O)cc1S(=O)(=O)Cc1cc(C)no1. The van der Waals surface area contributed by atoms with Crippen LogP contribution in [0.15, 0.2) is 33.7 Å². The van der Waals surface area contributed by atoms with Gasteiger partial charge in [0, 0.05) is 6.07 Å². The Hall–Kier alpha value is -2.15. The highest BCUT2D eigenvalue weighted by atomic mass is 32.2. The summed E-state index contributed by atoms with van der Waals surface area (Å²) >= 11 is 0. The minimum atomic E-state index is -3.70. The maximum Gasteiger partial charge on any atom is 0.335 e. The van der Waals surface area contributed by atoms with Crippen molar-refractivity contribution < 1.29 is 22.8 Å². The Morgan fingerprint density at radius 2 is 2.05 bits per heavy atom. The molecule has 1 aromatic heterocycles. The highest BCUT2D eigenvalue weighted by Crippen LogP contribution is 2.23. The first-order valence-corrected chi connectivity index (χ1v) is 8.00. The molecule has 0 bridgehead atoms. The fourth-order valence-electron chi connectivity index (χ4n) is 2.02. The molecule has 0 fully saturated rings. The highest BCUT2D eigenvalue weighted by molar-refractivity contribution is 7.90. The maximum absolute atomic E-state index is 12.5. The minimum Gasteiger partial charge on any atom is -0.478 e. The predicted octanol–water partition coefficient (Wildman–Crippen LogP) is 2.22. The van der Waals surface area contributed by atoms with E-state index in [1.54, 1.807) is 13.0 Å². The summed E-state index contributed by atoms with van der Waals surface area (Å²) in [4.78, 5) is 11.0. The fourth-order valence-corrected chi connectivity index (χ4v) is 3.60. The van der Waals surface area contributed by atoms with E-state index in [4.69, 9.17) is 9.63 Å². The quantitative estimate of drug-likeness (QED) is 0.909. The molecule has 2 rings (SSSR count). The van der Waals surface area contributed by atoms with Gasteiger partial charge in [-0.2, -0.15) is 0 Å². The van der Waals surface area contributed by atoms with Crippen LogP contribution < -0.4 is 0 Å². The molecule has 0 atom stereocenters. The average Bonchev–Trinajstić information content (AvgIpc) is 2.82. The molecule has 0 radical (unpaired) electrons. The first-order valence-electron chi connectivity index (χ1n) is 6.34. The molecule has 0 unspecified atom stereocenters. The molecule has 7 heteroatoms. The molecular formula is C14H15NO5S. The number of aromatic carboxylic acids is 1. The van der Waals surface area contributed by atoms with Gasteiger partial charge in [0.15, 0.2) is 15.6 Å². The van der Waals surface area contributed by atoms with Gasteiger partial charge in [-0.1, -0.05) is 18.1 Å². The van der Waals surface area contributed by atoms with E-state index in [9.17, 15) is 13.2 Å². The molecule has 0 aliphatic carbocycles. The summed E-state index contributed by atoms with van der Waals surface area (Å²) in [5, 5.41) is 12.7. The Morgan fingerprint density at radius 3 is 2.57 bits per heavy atom. The Kier molecular flexibility index (Phi) is 4.13. The van der Waals surface area contributed by atoms with Crippen molar-refractivity contribution in [3.05, 3.63) is 46.8 Å². The van der Waals surface area contributed by atoms with Crippen LogP contribution in [0.4, 0.5) is 0 Å². The third kappa shape index (κ3) is 3.30. The number of sulfone groups is 1. The maximum atomic E-state index is 12.5. The molecule has 2 aromatic rings. The van der Waals surface area contributed by atoms with Gasteiger partial charge in [0.2, 0.25) is 0 Å². The van der Waals surface area contributed by atoms with E-state index in [0.29, 0.717) is 17.7 Å². The number of rotatable bonds is 5. The zero-order valence-corrected chi connectivity index (χ0v) is 12.5. The highest BCUT2D eigenvalue weighted by Gasteiger charge is 2.22. The minimum absolute atomic E-state index is 0.0268. The molecule has 6 nitrogen and oxygen atoms in total. The molecule has 0 aliphatic heterocycles. The van der Waals surface area contributed by atoms with Crippen molar-refractivity contribution in [2.45, 2.75) is 30.9 Å². The third-order valence-corrected chi connectivity index (χ3v) is 4.75. The van der Waals surface area contributed by atoms with Crippen LogP contribution in [0.3, 0.4) is 0 Å². The van der Waals surface area contributed by atoms with Crippen molar-refractivity contribution in [3.8, 4) is 0 Å². The number of carbonyl (C=O) groups is 1. The van der Waals surface area contributed by atoms with Gasteiger partial charge < -0.3 is 9.63 Å². The van der Waals surface area contributed by atoms with Crippen molar-refractivity contribution >= 4 is 15.8 Å². The number of carboxylic acids is 1. The van der Waals surface area contributed by atoms with Crippen LogP contribution in [0.25, 0.3) is 0 Å². The summed E-state index contributed by atoms with van der Waals surface area (Å²) in [5.41, 5.74) is 1.12. The Labute approximate surface area is 122 Å². The topological polar surface area (TPSA) is 97.5 Å². The summed E-state index contributed by atoms with van der Waals surface area (Å²) in [6, 6.07) is 5.67. The van der Waals surface area contributed by atoms with Gasteiger partial charge in [-0.25, -0.2) is 13.2 Å². The lowest BCUT2D eigenvalue weighted by Crippen LogP contribution is -2.09. The van der Waals surface area contributed by atoms with Crippen LogP contribution in [0, 0.1) is 6.92 Å². The van der Waals surface area contributed by atoms with Crippen molar-refractivity contribution in [1.82, 2.24) is 5.16 Å². The van der Waals surface area contributed by atoms with Gasteiger partial charge in [-0.3, -0.25) is 0 Å². The number of aromatic nitrogens is 1. The van der Waals surface area contributed by atoms with Crippen LogP contribution in [0.2, 0.25) is 0 Å². The Bertz CT molecular complexity index is 776. The van der Waals surface area contributed by atoms with Crippen LogP contribution in [-0.2, 0) is 22.0 Å². The molecular weight excluding hydrogens is 294 g/mol. The third-order valence-electron chi connectivity index (χ3n) is 3.04. The number of nitrogens with zero attached hydrogens (tertiary/aromatic N) is 1. The van der Waals surface area contributed by atoms with Gasteiger partial charge in [0.05, 0.1) is 16.2 Å². The molecule has 0 amide bonds. The van der Waals surface area contributed by atoms with E-state index < -0.39 is 15.8 Å². The monoisotopic (exact) mass is 309 g/mol. The molecule has 0 spiro atoms. The van der Waals surface area contributed by atoms with E-state index in [1.807, 2.05) is 6.92 Å². The normalized spacial score (nSPS) is 11.5. The standard InChI is InChI=1S/C14H15NO5S/c1-3-10-4-5-11(14(16)17)7-13(10)21(18,19)8-12-6-9(2)15-20-12/h4-7H,3,8H2,1-2H3,(H,16,17). The summed E-state index contributed by atoms with van der Waals surface area (Å²) in [6.07, 6.45) is 0.490. The van der Waals surface area contributed by atoms with Crippen LogP contribution >= 0.6 is 0 Å². The number of hydrogen-bond donors (Lipinski definition) is 1. The van der Waals surface area contributed by atoms with Crippen molar-refractivity contribution in [1.29, 1.82) is 0 Å². The van der Waals surface area contributed by atoms with Crippen LogP contribution in [-0.4, -0.2) is 24.7 Å². The Morgan fingerprint density at radius 1 is 1.33 bits per heavy atom. The van der Waals surface area contributed by atoms with E-state index >= 15 is 0 Å². The fraction of sp³-hybridized carbons (Fsp3) is 0.286. The molecule has 21 heavy (non-hydrogen) atoms. The predicted molar refractivity (Wildman–Crippen MR) is 74.9 cm³/mol. The Balaban J connectivity index is 2.47. The molecule has 1 N–H and O–H groups in total. The second kappa shape index (κ2) is 5.69. The smallest absolute Gasteiger partial charge is 0.335 e.